The third kappa shape index (κ3) is 2.80. The second-order valence-corrected chi connectivity index (χ2v) is 5.87. The van der Waals surface area contributed by atoms with Gasteiger partial charge in [-0.2, -0.15) is 0 Å². The molecule has 1 unspecified atom stereocenters. The van der Waals surface area contributed by atoms with Gasteiger partial charge in [-0.25, -0.2) is 4.98 Å². The van der Waals surface area contributed by atoms with E-state index < -0.39 is 0 Å². The first kappa shape index (κ1) is 14.9. The fourth-order valence-corrected chi connectivity index (χ4v) is 2.44. The van der Waals surface area contributed by atoms with E-state index in [2.05, 4.69) is 9.55 Å². The molecule has 0 bridgehead atoms. The number of hydrogen-bond donors (Lipinski definition) is 0. The molecule has 0 fully saturated rings. The van der Waals surface area contributed by atoms with Crippen LogP contribution in [0.3, 0.4) is 0 Å². The summed E-state index contributed by atoms with van der Waals surface area (Å²) in [6.45, 7) is 4.54. The van der Waals surface area contributed by atoms with E-state index in [1.54, 1.807) is 19.0 Å². The summed E-state index contributed by atoms with van der Waals surface area (Å²) in [5, 5.41) is -0.184. The van der Waals surface area contributed by atoms with Crippen LogP contribution in [0.4, 0.5) is 0 Å². The smallest absolute Gasteiger partial charge is 0.223 e. The third-order valence-corrected chi connectivity index (χ3v) is 3.61. The second kappa shape index (κ2) is 5.83. The predicted octanol–water partition coefficient (Wildman–Crippen LogP) is 3.12. The van der Waals surface area contributed by atoms with Crippen molar-refractivity contribution in [2.24, 2.45) is 0 Å². The summed E-state index contributed by atoms with van der Waals surface area (Å²) in [6, 6.07) is 6.07. The molecular weight excluding hydrogens is 274 g/mol. The van der Waals surface area contributed by atoms with Crippen molar-refractivity contribution in [3.05, 3.63) is 29.6 Å². The lowest BCUT2D eigenvalue weighted by Gasteiger charge is -2.13. The summed E-state index contributed by atoms with van der Waals surface area (Å²) < 4.78 is 2.06. The number of carbonyl (C=O) groups excluding carboxylic acids is 1. The summed E-state index contributed by atoms with van der Waals surface area (Å²) in [5.41, 5.74) is 3.13. The first-order chi connectivity index (χ1) is 9.41. The molecule has 0 radical (unpaired) electrons. The molecule has 0 saturated carbocycles. The van der Waals surface area contributed by atoms with Crippen molar-refractivity contribution in [3.63, 3.8) is 0 Å². The van der Waals surface area contributed by atoms with Crippen molar-refractivity contribution >= 4 is 28.5 Å². The topological polar surface area (TPSA) is 38.1 Å². The molecule has 1 atom stereocenters. The van der Waals surface area contributed by atoms with Crippen LogP contribution in [0.25, 0.3) is 11.0 Å². The summed E-state index contributed by atoms with van der Waals surface area (Å²) in [4.78, 5) is 18.0. The Morgan fingerprint density at radius 2 is 2.15 bits per heavy atom. The molecule has 0 aliphatic rings. The normalized spacial score (nSPS) is 12.7. The highest BCUT2D eigenvalue weighted by atomic mass is 35.5. The predicted molar refractivity (Wildman–Crippen MR) is 82.0 cm³/mol. The number of rotatable bonds is 4. The van der Waals surface area contributed by atoms with Crippen molar-refractivity contribution in [1.82, 2.24) is 14.5 Å². The zero-order valence-corrected chi connectivity index (χ0v) is 13.1. The zero-order valence-electron chi connectivity index (χ0n) is 12.4. The van der Waals surface area contributed by atoms with E-state index in [0.717, 1.165) is 22.4 Å². The number of nitrogens with zero attached hydrogens (tertiary/aromatic N) is 3. The molecule has 0 aliphatic carbocycles. The van der Waals surface area contributed by atoms with Crippen molar-refractivity contribution < 1.29 is 4.79 Å². The molecular formula is C15H20ClN3O. The number of fused-ring (bicyclic) bond motifs is 1. The van der Waals surface area contributed by atoms with Gasteiger partial charge in [-0.1, -0.05) is 12.1 Å². The van der Waals surface area contributed by atoms with Gasteiger partial charge >= 0.3 is 0 Å². The SMILES string of the molecule is Cc1cccc2c1nc(C(C)Cl)n2CCC(=O)N(C)C. The van der Waals surface area contributed by atoms with Gasteiger partial charge in [-0.05, 0) is 25.5 Å². The van der Waals surface area contributed by atoms with Gasteiger partial charge in [-0.3, -0.25) is 4.79 Å². The first-order valence-corrected chi connectivity index (χ1v) is 7.15. The van der Waals surface area contributed by atoms with Crippen molar-refractivity contribution in [3.8, 4) is 0 Å². The van der Waals surface area contributed by atoms with E-state index in [9.17, 15) is 4.79 Å². The minimum Gasteiger partial charge on any atom is -0.349 e. The molecule has 2 rings (SSSR count). The van der Waals surface area contributed by atoms with Crippen LogP contribution in [-0.4, -0.2) is 34.5 Å². The van der Waals surface area contributed by atoms with Crippen LogP contribution in [0.5, 0.6) is 0 Å². The largest absolute Gasteiger partial charge is 0.349 e. The minimum atomic E-state index is -0.184. The Bertz CT molecular complexity index is 631. The van der Waals surface area contributed by atoms with Crippen LogP contribution in [0.1, 0.15) is 30.1 Å². The van der Waals surface area contributed by atoms with Crippen LogP contribution in [-0.2, 0) is 11.3 Å². The van der Waals surface area contributed by atoms with Crippen LogP contribution >= 0.6 is 11.6 Å². The molecule has 1 aromatic carbocycles. The lowest BCUT2D eigenvalue weighted by Crippen LogP contribution is -2.23. The van der Waals surface area contributed by atoms with Crippen molar-refractivity contribution in [2.75, 3.05) is 14.1 Å². The van der Waals surface area contributed by atoms with Crippen molar-refractivity contribution in [1.29, 1.82) is 0 Å². The number of para-hydroxylation sites is 1. The van der Waals surface area contributed by atoms with Gasteiger partial charge in [0.2, 0.25) is 5.91 Å². The summed E-state index contributed by atoms with van der Waals surface area (Å²) >= 11 is 6.23. The number of imidazole rings is 1. The Morgan fingerprint density at radius 1 is 1.45 bits per heavy atom. The van der Waals surface area contributed by atoms with Crippen LogP contribution < -0.4 is 0 Å². The number of amides is 1. The third-order valence-electron chi connectivity index (χ3n) is 3.41. The van der Waals surface area contributed by atoms with Crippen molar-refractivity contribution in [2.45, 2.75) is 32.2 Å². The highest BCUT2D eigenvalue weighted by Crippen LogP contribution is 2.26. The fourth-order valence-electron chi connectivity index (χ4n) is 2.27. The average molecular weight is 294 g/mol. The number of halogens is 1. The average Bonchev–Trinajstić information content (AvgIpc) is 2.76. The lowest BCUT2D eigenvalue weighted by molar-refractivity contribution is -0.128. The number of aryl methyl sites for hydroxylation is 2. The molecule has 0 aliphatic heterocycles. The minimum absolute atomic E-state index is 0.104. The number of hydrogen-bond acceptors (Lipinski definition) is 2. The Balaban J connectivity index is 2.42. The highest BCUT2D eigenvalue weighted by Gasteiger charge is 2.16. The number of carbonyl (C=O) groups is 1. The van der Waals surface area contributed by atoms with E-state index >= 15 is 0 Å². The lowest BCUT2D eigenvalue weighted by atomic mass is 10.2. The Labute approximate surface area is 124 Å². The maximum atomic E-state index is 11.8. The standard InChI is InChI=1S/C15H20ClN3O/c1-10-6-5-7-12-14(10)17-15(11(2)16)19(12)9-8-13(20)18(3)4/h5-7,11H,8-9H2,1-4H3. The van der Waals surface area contributed by atoms with Crippen LogP contribution in [0.2, 0.25) is 0 Å². The first-order valence-electron chi connectivity index (χ1n) is 6.71. The van der Waals surface area contributed by atoms with E-state index in [1.165, 1.54) is 0 Å². The molecule has 20 heavy (non-hydrogen) atoms. The van der Waals surface area contributed by atoms with E-state index in [-0.39, 0.29) is 11.3 Å². The van der Waals surface area contributed by atoms with Gasteiger partial charge in [0.1, 0.15) is 5.82 Å². The van der Waals surface area contributed by atoms with E-state index in [0.29, 0.717) is 13.0 Å². The summed E-state index contributed by atoms with van der Waals surface area (Å²) in [7, 11) is 3.53. The van der Waals surface area contributed by atoms with Gasteiger partial charge < -0.3 is 9.47 Å². The molecule has 1 aromatic heterocycles. The molecule has 1 heterocycles. The molecule has 4 nitrogen and oxygen atoms in total. The van der Waals surface area contributed by atoms with E-state index in [1.807, 2.05) is 32.0 Å². The maximum absolute atomic E-state index is 11.8. The molecule has 2 aromatic rings. The molecule has 1 amide bonds. The molecule has 108 valence electrons. The molecule has 0 saturated heterocycles. The quantitative estimate of drug-likeness (QED) is 0.812. The molecule has 0 N–H and O–H groups in total. The highest BCUT2D eigenvalue weighted by molar-refractivity contribution is 6.20. The van der Waals surface area contributed by atoms with Gasteiger partial charge in [0.25, 0.3) is 0 Å². The number of benzene rings is 1. The Hall–Kier alpha value is -1.55. The summed E-state index contributed by atoms with van der Waals surface area (Å²) in [6.07, 6.45) is 0.447. The second-order valence-electron chi connectivity index (χ2n) is 5.22. The van der Waals surface area contributed by atoms with E-state index in [4.69, 9.17) is 11.6 Å². The Morgan fingerprint density at radius 3 is 2.75 bits per heavy atom. The monoisotopic (exact) mass is 293 g/mol. The van der Waals surface area contributed by atoms with Gasteiger partial charge in [-0.15, -0.1) is 11.6 Å². The number of aromatic nitrogens is 2. The number of alkyl halides is 1. The molecule has 0 spiro atoms. The van der Waals surface area contributed by atoms with Crippen LogP contribution in [0, 0.1) is 6.92 Å². The zero-order chi connectivity index (χ0) is 14.9. The summed E-state index contributed by atoms with van der Waals surface area (Å²) in [5.74, 6) is 0.926. The van der Waals surface area contributed by atoms with Gasteiger partial charge in [0.15, 0.2) is 0 Å². The maximum Gasteiger partial charge on any atom is 0.223 e. The van der Waals surface area contributed by atoms with Gasteiger partial charge in [0, 0.05) is 27.1 Å². The fraction of sp³-hybridized carbons (Fsp3) is 0.467. The van der Waals surface area contributed by atoms with Crippen LogP contribution in [0.15, 0.2) is 18.2 Å². The molecule has 5 heteroatoms. The van der Waals surface area contributed by atoms with Gasteiger partial charge in [0.05, 0.1) is 16.4 Å². The Kier molecular flexibility index (Phi) is 4.33.